The molecule has 2 rings (SSSR count). The van der Waals surface area contributed by atoms with Gasteiger partial charge >= 0.3 is 5.97 Å². The number of thiol groups is 1. The quantitative estimate of drug-likeness (QED) is 0.481. The Morgan fingerprint density at radius 2 is 1.92 bits per heavy atom. The van der Waals surface area contributed by atoms with Gasteiger partial charge in [0.25, 0.3) is 5.91 Å². The van der Waals surface area contributed by atoms with Crippen LogP contribution in [0.5, 0.6) is 11.5 Å². The predicted octanol–water partition coefficient (Wildman–Crippen LogP) is 0.666. The van der Waals surface area contributed by atoms with Crippen molar-refractivity contribution in [2.45, 2.75) is 4.90 Å². The van der Waals surface area contributed by atoms with Gasteiger partial charge < -0.3 is 29.5 Å². The first-order valence-corrected chi connectivity index (χ1v) is 7.85. The maximum Gasteiger partial charge on any atom is 0.337 e. The van der Waals surface area contributed by atoms with Crippen molar-refractivity contribution < 1.29 is 28.9 Å². The van der Waals surface area contributed by atoms with Gasteiger partial charge in [0.2, 0.25) is 0 Å². The normalized spacial score (nSPS) is 14.0. The van der Waals surface area contributed by atoms with E-state index in [0.29, 0.717) is 22.1 Å². The number of amides is 1. The van der Waals surface area contributed by atoms with Gasteiger partial charge in [0.1, 0.15) is 5.70 Å². The molecule has 0 bridgehead atoms. The van der Waals surface area contributed by atoms with E-state index >= 15 is 0 Å². The third-order valence-electron chi connectivity index (χ3n) is 3.72. The van der Waals surface area contributed by atoms with E-state index in [1.807, 2.05) is 0 Å². The van der Waals surface area contributed by atoms with Crippen molar-refractivity contribution in [1.29, 1.82) is 0 Å². The second kappa shape index (κ2) is 8.13. The zero-order valence-corrected chi connectivity index (χ0v) is 15.1. The Hall–Kier alpha value is -2.39. The first-order chi connectivity index (χ1) is 12.0. The number of nitrogens with one attached hydrogen (secondary N) is 1. The van der Waals surface area contributed by atoms with Gasteiger partial charge in [0.15, 0.2) is 11.5 Å². The van der Waals surface area contributed by atoms with Gasteiger partial charge in [-0.2, -0.15) is 0 Å². The lowest BCUT2D eigenvalue weighted by molar-refractivity contribution is -0.136. The predicted molar refractivity (Wildman–Crippen MR) is 93.1 cm³/mol. The van der Waals surface area contributed by atoms with E-state index in [4.69, 9.17) is 19.3 Å². The number of ether oxygens (including phenoxy) is 3. The Kier molecular flexibility index (Phi) is 6.16. The van der Waals surface area contributed by atoms with E-state index in [-0.39, 0.29) is 31.0 Å². The molecule has 0 radical (unpaired) electrons. The molecule has 1 aromatic rings. The van der Waals surface area contributed by atoms with Crippen molar-refractivity contribution in [2.75, 3.05) is 46.3 Å². The Morgan fingerprint density at radius 3 is 2.48 bits per heavy atom. The number of aliphatic hydroxyl groups excluding tert-OH is 1. The molecule has 2 N–H and O–H groups in total. The zero-order chi connectivity index (χ0) is 18.6. The molecule has 0 spiro atoms. The van der Waals surface area contributed by atoms with Crippen LogP contribution in [0, 0.1) is 0 Å². The van der Waals surface area contributed by atoms with Gasteiger partial charge in [-0.05, 0) is 6.07 Å². The molecule has 1 aromatic carbocycles. The molecule has 1 aliphatic rings. The lowest BCUT2D eigenvalue weighted by Gasteiger charge is -2.16. The molecule has 136 valence electrons. The maximum absolute atomic E-state index is 12.5. The molecule has 0 saturated carbocycles. The highest BCUT2D eigenvalue weighted by Crippen LogP contribution is 2.36. The third kappa shape index (κ3) is 3.83. The fourth-order valence-electron chi connectivity index (χ4n) is 2.45. The Balaban J connectivity index is 2.41. The third-order valence-corrected chi connectivity index (χ3v) is 4.09. The van der Waals surface area contributed by atoms with Crippen LogP contribution in [0.3, 0.4) is 0 Å². The standard InChI is InChI=1S/C16H20N2O6S/c1-22-11-6-10(13(25)7-12(11)23-2)17-14-9(16(21)24-3)8-18(4-5-19)15(14)20/h6-7,17,19,25H,4-5,8H2,1-3H3. The molecule has 1 amide bonds. The van der Waals surface area contributed by atoms with Gasteiger partial charge in [-0.25, -0.2) is 4.79 Å². The van der Waals surface area contributed by atoms with Crippen LogP contribution in [0.15, 0.2) is 28.3 Å². The van der Waals surface area contributed by atoms with Crippen molar-refractivity contribution >= 4 is 30.2 Å². The van der Waals surface area contributed by atoms with Crippen molar-refractivity contribution in [3.8, 4) is 11.5 Å². The van der Waals surface area contributed by atoms with E-state index in [9.17, 15) is 9.59 Å². The maximum atomic E-state index is 12.5. The van der Waals surface area contributed by atoms with E-state index in [1.54, 1.807) is 12.1 Å². The molecule has 8 nitrogen and oxygen atoms in total. The number of hydrogen-bond donors (Lipinski definition) is 3. The summed E-state index contributed by atoms with van der Waals surface area (Å²) in [5, 5.41) is 12.0. The molecular formula is C16H20N2O6S. The van der Waals surface area contributed by atoms with Crippen molar-refractivity contribution in [3.05, 3.63) is 23.4 Å². The topological polar surface area (TPSA) is 97.3 Å². The number of methoxy groups -OCH3 is 3. The van der Waals surface area contributed by atoms with Gasteiger partial charge in [-0.3, -0.25) is 4.79 Å². The number of nitrogens with zero attached hydrogens (tertiary/aromatic N) is 1. The average Bonchev–Trinajstić information content (AvgIpc) is 2.92. The second-order valence-corrected chi connectivity index (χ2v) is 5.63. The summed E-state index contributed by atoms with van der Waals surface area (Å²) in [6.45, 7) is -0.0323. The number of carbonyl (C=O) groups is 2. The summed E-state index contributed by atoms with van der Waals surface area (Å²) < 4.78 is 15.2. The van der Waals surface area contributed by atoms with E-state index in [1.165, 1.54) is 26.2 Å². The number of anilines is 1. The first kappa shape index (κ1) is 18.9. The van der Waals surface area contributed by atoms with Crippen LogP contribution in [0.25, 0.3) is 0 Å². The summed E-state index contributed by atoms with van der Waals surface area (Å²) >= 11 is 4.38. The lowest BCUT2D eigenvalue weighted by atomic mass is 10.2. The Bertz CT molecular complexity index is 719. The highest BCUT2D eigenvalue weighted by Gasteiger charge is 2.34. The number of hydrogen-bond acceptors (Lipinski definition) is 8. The number of benzene rings is 1. The monoisotopic (exact) mass is 368 g/mol. The SMILES string of the molecule is COC(=O)C1=C(Nc2cc(OC)c(OC)cc2S)C(=O)N(CCO)C1. The molecular weight excluding hydrogens is 348 g/mol. The summed E-state index contributed by atoms with van der Waals surface area (Å²) in [7, 11) is 4.23. The summed E-state index contributed by atoms with van der Waals surface area (Å²) in [6.07, 6.45) is 0. The molecule has 9 heteroatoms. The van der Waals surface area contributed by atoms with Crippen LogP contribution in [0.1, 0.15) is 0 Å². The number of carbonyl (C=O) groups excluding carboxylic acids is 2. The number of rotatable bonds is 7. The summed E-state index contributed by atoms with van der Waals surface area (Å²) in [4.78, 5) is 26.4. The number of esters is 1. The highest BCUT2D eigenvalue weighted by atomic mass is 32.1. The van der Waals surface area contributed by atoms with Crippen LogP contribution in [0.4, 0.5) is 5.69 Å². The summed E-state index contributed by atoms with van der Waals surface area (Å²) in [5.41, 5.74) is 0.739. The second-order valence-electron chi connectivity index (χ2n) is 5.14. The van der Waals surface area contributed by atoms with E-state index < -0.39 is 11.9 Å². The van der Waals surface area contributed by atoms with Crippen LogP contribution in [0.2, 0.25) is 0 Å². The van der Waals surface area contributed by atoms with Gasteiger partial charge in [0.05, 0.1) is 45.7 Å². The Morgan fingerprint density at radius 1 is 1.28 bits per heavy atom. The van der Waals surface area contributed by atoms with Crippen LogP contribution < -0.4 is 14.8 Å². The first-order valence-electron chi connectivity index (χ1n) is 7.40. The zero-order valence-electron chi connectivity index (χ0n) is 14.2. The van der Waals surface area contributed by atoms with E-state index in [2.05, 4.69) is 17.9 Å². The molecule has 0 aromatic heterocycles. The van der Waals surface area contributed by atoms with Crippen molar-refractivity contribution in [1.82, 2.24) is 4.90 Å². The van der Waals surface area contributed by atoms with Crippen LogP contribution >= 0.6 is 12.6 Å². The smallest absolute Gasteiger partial charge is 0.337 e. The average molecular weight is 368 g/mol. The van der Waals surface area contributed by atoms with Gasteiger partial charge in [-0.15, -0.1) is 12.6 Å². The highest BCUT2D eigenvalue weighted by molar-refractivity contribution is 7.80. The minimum atomic E-state index is -0.613. The minimum absolute atomic E-state index is 0.0591. The number of β-amino-alcohol motifs (C(OH)–C–C–N with tert-alkyl or cyclic N) is 1. The molecule has 0 atom stereocenters. The Labute approximate surface area is 150 Å². The molecule has 1 aliphatic heterocycles. The molecule has 25 heavy (non-hydrogen) atoms. The molecule has 1 heterocycles. The van der Waals surface area contributed by atoms with Crippen LogP contribution in [-0.2, 0) is 14.3 Å². The fraction of sp³-hybridized carbons (Fsp3) is 0.375. The van der Waals surface area contributed by atoms with Crippen molar-refractivity contribution in [2.24, 2.45) is 0 Å². The van der Waals surface area contributed by atoms with Crippen molar-refractivity contribution in [3.63, 3.8) is 0 Å². The van der Waals surface area contributed by atoms with Gasteiger partial charge in [-0.1, -0.05) is 0 Å². The number of aliphatic hydroxyl groups is 1. The molecule has 0 aliphatic carbocycles. The minimum Gasteiger partial charge on any atom is -0.493 e. The van der Waals surface area contributed by atoms with E-state index in [0.717, 1.165) is 0 Å². The molecule has 0 saturated heterocycles. The molecule has 0 unspecified atom stereocenters. The summed E-state index contributed by atoms with van der Waals surface area (Å²) in [5.74, 6) is -0.0880. The fourth-order valence-corrected chi connectivity index (χ4v) is 2.69. The van der Waals surface area contributed by atoms with Gasteiger partial charge in [0, 0.05) is 17.5 Å². The molecule has 0 fully saturated rings. The largest absolute Gasteiger partial charge is 0.493 e. The van der Waals surface area contributed by atoms with Crippen LogP contribution in [-0.4, -0.2) is 62.9 Å². The lowest BCUT2D eigenvalue weighted by Crippen LogP contribution is -2.31. The summed E-state index contributed by atoms with van der Waals surface area (Å²) in [6, 6.07) is 3.25.